The van der Waals surface area contributed by atoms with Crippen LogP contribution in [0.3, 0.4) is 0 Å². The topological polar surface area (TPSA) is 42.2 Å². The maximum Gasteiger partial charge on any atom is 0.338 e. The number of carboxylic acid groups (broad SMARTS) is 1. The number of carboxylic acids is 1. The first kappa shape index (κ1) is 12.7. The highest BCUT2D eigenvalue weighted by Gasteiger charge is 2.20. The molecule has 1 aromatic heterocycles. The average molecular weight is 245 g/mol. The molecule has 1 aromatic carbocycles. The van der Waals surface area contributed by atoms with E-state index in [4.69, 9.17) is 0 Å². The van der Waals surface area contributed by atoms with E-state index >= 15 is 0 Å². The van der Waals surface area contributed by atoms with Gasteiger partial charge in [0.2, 0.25) is 0 Å². The Hall–Kier alpha value is -1.77. The Bertz CT molecular complexity index is 630. The number of hydrogen-bond donors (Lipinski definition) is 1. The predicted molar refractivity (Wildman–Crippen MR) is 73.3 cm³/mol. The van der Waals surface area contributed by atoms with Gasteiger partial charge in [0.15, 0.2) is 0 Å². The van der Waals surface area contributed by atoms with Crippen LogP contribution in [0.4, 0.5) is 0 Å². The molecule has 0 spiro atoms. The van der Waals surface area contributed by atoms with Gasteiger partial charge in [0.05, 0.1) is 5.56 Å². The zero-order valence-electron chi connectivity index (χ0n) is 11.5. The molecule has 0 saturated heterocycles. The van der Waals surface area contributed by atoms with Gasteiger partial charge >= 0.3 is 5.97 Å². The Balaban J connectivity index is 2.84. The lowest BCUT2D eigenvalue weighted by atomic mass is 9.86. The van der Waals surface area contributed by atoms with Crippen molar-refractivity contribution in [2.45, 2.75) is 33.1 Å². The Morgan fingerprint density at radius 2 is 1.89 bits per heavy atom. The van der Waals surface area contributed by atoms with Crippen LogP contribution in [-0.2, 0) is 12.5 Å². The van der Waals surface area contributed by atoms with Gasteiger partial charge in [-0.2, -0.15) is 0 Å². The van der Waals surface area contributed by atoms with Gasteiger partial charge in [0.25, 0.3) is 0 Å². The molecule has 0 aliphatic rings. The summed E-state index contributed by atoms with van der Waals surface area (Å²) in [7, 11) is 1.90. The van der Waals surface area contributed by atoms with E-state index in [-0.39, 0.29) is 5.41 Å². The molecule has 0 fully saturated rings. The lowest BCUT2D eigenvalue weighted by Crippen LogP contribution is -2.10. The summed E-state index contributed by atoms with van der Waals surface area (Å²) in [5.41, 5.74) is 3.36. The minimum absolute atomic E-state index is 0.0215. The molecule has 18 heavy (non-hydrogen) atoms. The summed E-state index contributed by atoms with van der Waals surface area (Å²) in [6.45, 7) is 8.24. The Kier molecular flexibility index (Phi) is 2.73. The van der Waals surface area contributed by atoms with E-state index in [1.807, 2.05) is 30.7 Å². The van der Waals surface area contributed by atoms with Crippen molar-refractivity contribution in [3.63, 3.8) is 0 Å². The van der Waals surface area contributed by atoms with Crippen LogP contribution in [0.2, 0.25) is 0 Å². The first-order valence-electron chi connectivity index (χ1n) is 6.06. The minimum Gasteiger partial charge on any atom is -0.478 e. The molecule has 0 saturated carbocycles. The first-order chi connectivity index (χ1) is 8.23. The molecule has 0 aliphatic heterocycles. The van der Waals surface area contributed by atoms with E-state index in [1.54, 1.807) is 0 Å². The van der Waals surface area contributed by atoms with Crippen LogP contribution in [0.25, 0.3) is 10.9 Å². The number of carbonyl (C=O) groups is 1. The van der Waals surface area contributed by atoms with Crippen molar-refractivity contribution >= 4 is 16.9 Å². The van der Waals surface area contributed by atoms with E-state index in [9.17, 15) is 9.90 Å². The Labute approximate surface area is 107 Å². The zero-order valence-corrected chi connectivity index (χ0v) is 11.5. The van der Waals surface area contributed by atoms with Gasteiger partial charge in [-0.15, -0.1) is 0 Å². The number of benzene rings is 1. The number of hydrogen-bond acceptors (Lipinski definition) is 1. The van der Waals surface area contributed by atoms with Crippen molar-refractivity contribution in [3.8, 4) is 0 Å². The summed E-state index contributed by atoms with van der Waals surface area (Å²) in [5.74, 6) is -0.857. The molecule has 2 aromatic rings. The summed E-state index contributed by atoms with van der Waals surface area (Å²) in [6, 6.07) is 6.09. The SMILES string of the molecule is Cc1c(C(=O)O)c2cc(C(C)(C)C)ccc2n1C. The van der Waals surface area contributed by atoms with Gasteiger partial charge in [-0.3, -0.25) is 0 Å². The van der Waals surface area contributed by atoms with Crippen molar-refractivity contribution in [2.75, 3.05) is 0 Å². The van der Waals surface area contributed by atoms with Crippen molar-refractivity contribution in [3.05, 3.63) is 35.0 Å². The van der Waals surface area contributed by atoms with Crippen molar-refractivity contribution < 1.29 is 9.90 Å². The lowest BCUT2D eigenvalue weighted by molar-refractivity contribution is 0.0698. The van der Waals surface area contributed by atoms with E-state index in [1.165, 1.54) is 0 Å². The fourth-order valence-electron chi connectivity index (χ4n) is 2.31. The number of rotatable bonds is 1. The molecular formula is C15H19NO2. The second-order valence-electron chi connectivity index (χ2n) is 5.81. The van der Waals surface area contributed by atoms with Gasteiger partial charge in [0, 0.05) is 23.6 Å². The van der Waals surface area contributed by atoms with Crippen molar-refractivity contribution in [2.24, 2.45) is 7.05 Å². The summed E-state index contributed by atoms with van der Waals surface area (Å²) in [4.78, 5) is 11.4. The first-order valence-corrected chi connectivity index (χ1v) is 6.06. The highest BCUT2D eigenvalue weighted by Crippen LogP contribution is 2.30. The summed E-state index contributed by atoms with van der Waals surface area (Å²) >= 11 is 0. The average Bonchev–Trinajstić information content (AvgIpc) is 2.50. The fraction of sp³-hybridized carbons (Fsp3) is 0.400. The second-order valence-corrected chi connectivity index (χ2v) is 5.81. The van der Waals surface area contributed by atoms with E-state index in [0.29, 0.717) is 5.56 Å². The maximum atomic E-state index is 11.4. The third kappa shape index (κ3) is 1.80. The highest BCUT2D eigenvalue weighted by molar-refractivity contribution is 6.05. The van der Waals surface area contributed by atoms with Gasteiger partial charge in [-0.25, -0.2) is 4.79 Å². The molecule has 0 aliphatic carbocycles. The van der Waals surface area contributed by atoms with Crippen LogP contribution in [-0.4, -0.2) is 15.6 Å². The number of aryl methyl sites for hydroxylation is 1. The Morgan fingerprint density at radius 1 is 1.28 bits per heavy atom. The molecule has 3 nitrogen and oxygen atoms in total. The quantitative estimate of drug-likeness (QED) is 0.835. The van der Waals surface area contributed by atoms with Crippen LogP contribution in [0.15, 0.2) is 18.2 Å². The van der Waals surface area contributed by atoms with Gasteiger partial charge in [-0.05, 0) is 30.0 Å². The molecule has 1 N–H and O–H groups in total. The van der Waals surface area contributed by atoms with E-state index in [2.05, 4.69) is 26.8 Å². The number of aromatic carboxylic acids is 1. The van der Waals surface area contributed by atoms with Crippen molar-refractivity contribution in [1.29, 1.82) is 0 Å². The molecule has 2 rings (SSSR count). The molecular weight excluding hydrogens is 226 g/mol. The van der Waals surface area contributed by atoms with Gasteiger partial charge in [-0.1, -0.05) is 26.8 Å². The molecule has 0 bridgehead atoms. The molecule has 0 amide bonds. The highest BCUT2D eigenvalue weighted by atomic mass is 16.4. The van der Waals surface area contributed by atoms with Gasteiger partial charge < -0.3 is 9.67 Å². The second kappa shape index (κ2) is 3.87. The zero-order chi connectivity index (χ0) is 13.7. The predicted octanol–water partition coefficient (Wildman–Crippen LogP) is 3.48. The third-order valence-electron chi connectivity index (χ3n) is 3.57. The molecule has 1 heterocycles. The normalized spacial score (nSPS) is 12.1. The van der Waals surface area contributed by atoms with Crippen LogP contribution >= 0.6 is 0 Å². The van der Waals surface area contributed by atoms with Crippen LogP contribution in [0.1, 0.15) is 42.4 Å². The summed E-state index contributed by atoms with van der Waals surface area (Å²) < 4.78 is 1.94. The molecule has 0 atom stereocenters. The maximum absolute atomic E-state index is 11.4. The summed E-state index contributed by atoms with van der Waals surface area (Å²) in [6.07, 6.45) is 0. The van der Waals surface area contributed by atoms with Crippen molar-refractivity contribution in [1.82, 2.24) is 4.57 Å². The molecule has 3 heteroatoms. The minimum atomic E-state index is -0.857. The molecule has 0 radical (unpaired) electrons. The standard InChI is InChI=1S/C15H19NO2/c1-9-13(14(17)18)11-8-10(15(2,3)4)6-7-12(11)16(9)5/h6-8H,1-5H3,(H,17,18). The third-order valence-corrected chi connectivity index (χ3v) is 3.57. The number of aromatic nitrogens is 1. The van der Waals surface area contributed by atoms with Crippen LogP contribution in [0.5, 0.6) is 0 Å². The number of fused-ring (bicyclic) bond motifs is 1. The fourth-order valence-corrected chi connectivity index (χ4v) is 2.31. The van der Waals surface area contributed by atoms with E-state index in [0.717, 1.165) is 22.2 Å². The molecule has 96 valence electrons. The summed E-state index contributed by atoms with van der Waals surface area (Å²) in [5, 5.41) is 10.2. The largest absolute Gasteiger partial charge is 0.478 e. The van der Waals surface area contributed by atoms with Crippen LogP contribution in [0, 0.1) is 6.92 Å². The molecule has 0 unspecified atom stereocenters. The smallest absolute Gasteiger partial charge is 0.338 e. The van der Waals surface area contributed by atoms with Gasteiger partial charge in [0.1, 0.15) is 0 Å². The van der Waals surface area contributed by atoms with Crippen LogP contribution < -0.4 is 0 Å². The Morgan fingerprint density at radius 3 is 2.39 bits per heavy atom. The van der Waals surface area contributed by atoms with E-state index < -0.39 is 5.97 Å². The monoisotopic (exact) mass is 245 g/mol. The lowest BCUT2D eigenvalue weighted by Gasteiger charge is -2.19. The number of nitrogens with zero attached hydrogens (tertiary/aromatic N) is 1.